The largest absolute Gasteiger partial charge is 0.272 e. The third kappa shape index (κ3) is 2.52. The zero-order chi connectivity index (χ0) is 13.1. The Bertz CT molecular complexity index is 608. The van der Waals surface area contributed by atoms with Gasteiger partial charge >= 0.3 is 0 Å². The van der Waals surface area contributed by atoms with Crippen molar-refractivity contribution in [1.29, 1.82) is 0 Å². The molecule has 94 valence electrons. The van der Waals surface area contributed by atoms with E-state index in [0.717, 1.165) is 17.0 Å². The number of hydrogen-bond acceptors (Lipinski definition) is 3. The summed E-state index contributed by atoms with van der Waals surface area (Å²) in [6.07, 6.45) is 4.58. The highest BCUT2D eigenvalue weighted by Gasteiger charge is 2.24. The zero-order valence-electron chi connectivity index (χ0n) is 10.4. The van der Waals surface area contributed by atoms with E-state index in [1.54, 1.807) is 12.4 Å². The van der Waals surface area contributed by atoms with Crippen molar-refractivity contribution >= 4 is 17.3 Å². The van der Waals surface area contributed by atoms with Gasteiger partial charge in [-0.25, -0.2) is 5.01 Å². The second kappa shape index (κ2) is 5.02. The highest BCUT2D eigenvalue weighted by Crippen LogP contribution is 2.20. The first kappa shape index (κ1) is 11.6. The first-order chi connectivity index (χ1) is 9.33. The zero-order valence-corrected chi connectivity index (χ0v) is 10.4. The average Bonchev–Trinajstić information content (AvgIpc) is 2.82. The van der Waals surface area contributed by atoms with Crippen LogP contribution in [0.2, 0.25) is 0 Å². The third-order valence-electron chi connectivity index (χ3n) is 2.99. The van der Waals surface area contributed by atoms with Gasteiger partial charge in [0.15, 0.2) is 0 Å². The van der Waals surface area contributed by atoms with Crippen LogP contribution < -0.4 is 5.01 Å². The lowest BCUT2D eigenvalue weighted by atomic mass is 10.1. The molecule has 2 aromatic rings. The molecule has 0 unspecified atom stereocenters. The average molecular weight is 251 g/mol. The van der Waals surface area contributed by atoms with Crippen LogP contribution >= 0.6 is 0 Å². The predicted molar refractivity (Wildman–Crippen MR) is 73.9 cm³/mol. The quantitative estimate of drug-likeness (QED) is 0.841. The van der Waals surface area contributed by atoms with E-state index >= 15 is 0 Å². The summed E-state index contributed by atoms with van der Waals surface area (Å²) < 4.78 is 0. The van der Waals surface area contributed by atoms with Crippen LogP contribution in [0.5, 0.6) is 0 Å². The Labute approximate surface area is 111 Å². The van der Waals surface area contributed by atoms with Crippen LogP contribution in [0.15, 0.2) is 60.0 Å². The molecule has 3 rings (SSSR count). The van der Waals surface area contributed by atoms with Crippen molar-refractivity contribution in [3.63, 3.8) is 0 Å². The molecular weight excluding hydrogens is 238 g/mol. The maximum Gasteiger partial charge on any atom is 0.253 e. The Morgan fingerprint density at radius 3 is 2.53 bits per heavy atom. The second-order valence-electron chi connectivity index (χ2n) is 4.42. The Kier molecular flexibility index (Phi) is 3.06. The van der Waals surface area contributed by atoms with Gasteiger partial charge in [0.2, 0.25) is 0 Å². The molecular formula is C15H13N3O. The van der Waals surface area contributed by atoms with Gasteiger partial charge in [-0.05, 0) is 29.8 Å². The molecule has 4 nitrogen and oxygen atoms in total. The minimum atomic E-state index is 0.0234. The molecule has 0 atom stereocenters. The monoisotopic (exact) mass is 251 g/mol. The van der Waals surface area contributed by atoms with Crippen LogP contribution in [0.4, 0.5) is 5.69 Å². The number of benzene rings is 1. The van der Waals surface area contributed by atoms with E-state index < -0.39 is 0 Å². The smallest absolute Gasteiger partial charge is 0.253 e. The highest BCUT2D eigenvalue weighted by molar-refractivity contribution is 6.13. The van der Waals surface area contributed by atoms with Gasteiger partial charge < -0.3 is 0 Å². The predicted octanol–water partition coefficient (Wildman–Crippen LogP) is 2.42. The van der Waals surface area contributed by atoms with Crippen LogP contribution in [-0.4, -0.2) is 16.6 Å². The maximum atomic E-state index is 12.0. The number of hydrogen-bond donors (Lipinski definition) is 0. The van der Waals surface area contributed by atoms with E-state index in [0.29, 0.717) is 12.8 Å². The topological polar surface area (TPSA) is 45.6 Å². The van der Waals surface area contributed by atoms with Crippen LogP contribution in [0.25, 0.3) is 0 Å². The molecule has 1 aromatic heterocycles. The first-order valence-electron chi connectivity index (χ1n) is 6.16. The highest BCUT2D eigenvalue weighted by atomic mass is 16.2. The Morgan fingerprint density at radius 1 is 1.05 bits per heavy atom. The number of pyridine rings is 1. The van der Waals surface area contributed by atoms with Gasteiger partial charge in [-0.15, -0.1) is 0 Å². The molecule has 1 amide bonds. The molecule has 2 heterocycles. The number of hydrazone groups is 1. The van der Waals surface area contributed by atoms with Crippen LogP contribution in [-0.2, 0) is 11.2 Å². The molecule has 0 saturated heterocycles. The number of para-hydroxylation sites is 1. The first-order valence-corrected chi connectivity index (χ1v) is 6.16. The van der Waals surface area contributed by atoms with E-state index in [9.17, 15) is 4.79 Å². The van der Waals surface area contributed by atoms with Gasteiger partial charge in [0.1, 0.15) is 0 Å². The minimum Gasteiger partial charge on any atom is -0.272 e. The summed E-state index contributed by atoms with van der Waals surface area (Å²) in [5.41, 5.74) is 2.83. The summed E-state index contributed by atoms with van der Waals surface area (Å²) in [6, 6.07) is 13.4. The van der Waals surface area contributed by atoms with Gasteiger partial charge in [0.25, 0.3) is 5.91 Å². The SMILES string of the molecule is O=C1CC(Cc2ccncc2)=NN1c1ccccc1. The van der Waals surface area contributed by atoms with Crippen molar-refractivity contribution in [3.05, 3.63) is 60.4 Å². The van der Waals surface area contributed by atoms with Crippen molar-refractivity contribution < 1.29 is 4.79 Å². The van der Waals surface area contributed by atoms with Gasteiger partial charge in [-0.1, -0.05) is 18.2 Å². The Hall–Kier alpha value is -2.49. The van der Waals surface area contributed by atoms with Crippen molar-refractivity contribution in [3.8, 4) is 0 Å². The van der Waals surface area contributed by atoms with E-state index in [2.05, 4.69) is 10.1 Å². The van der Waals surface area contributed by atoms with Gasteiger partial charge in [-0.3, -0.25) is 9.78 Å². The van der Waals surface area contributed by atoms with Crippen LogP contribution in [0, 0.1) is 0 Å². The lowest BCUT2D eigenvalue weighted by Gasteiger charge is -2.10. The lowest BCUT2D eigenvalue weighted by molar-refractivity contribution is -0.116. The second-order valence-corrected chi connectivity index (χ2v) is 4.42. The summed E-state index contributed by atoms with van der Waals surface area (Å²) in [5, 5.41) is 5.90. The number of nitrogens with zero attached hydrogens (tertiary/aromatic N) is 3. The van der Waals surface area contributed by atoms with E-state index in [4.69, 9.17) is 0 Å². The fraction of sp³-hybridized carbons (Fsp3) is 0.133. The lowest BCUT2D eigenvalue weighted by Crippen LogP contribution is -2.19. The molecule has 19 heavy (non-hydrogen) atoms. The molecule has 0 spiro atoms. The molecule has 0 saturated carbocycles. The normalized spacial score (nSPS) is 14.6. The van der Waals surface area contributed by atoms with Crippen LogP contribution in [0.1, 0.15) is 12.0 Å². The van der Waals surface area contributed by atoms with Gasteiger partial charge in [-0.2, -0.15) is 5.10 Å². The van der Waals surface area contributed by atoms with Crippen LogP contribution in [0.3, 0.4) is 0 Å². The number of rotatable bonds is 3. The summed E-state index contributed by atoms with van der Waals surface area (Å²) in [7, 11) is 0. The summed E-state index contributed by atoms with van der Waals surface area (Å²) in [4.78, 5) is 16.0. The van der Waals surface area contributed by atoms with Gasteiger partial charge in [0.05, 0.1) is 17.8 Å². The molecule has 1 aromatic carbocycles. The Morgan fingerprint density at radius 2 is 1.79 bits per heavy atom. The number of aromatic nitrogens is 1. The molecule has 0 radical (unpaired) electrons. The maximum absolute atomic E-state index is 12.0. The Balaban J connectivity index is 1.80. The summed E-state index contributed by atoms with van der Waals surface area (Å²) in [5.74, 6) is 0.0234. The number of amides is 1. The van der Waals surface area contributed by atoms with Crippen molar-refractivity contribution in [1.82, 2.24) is 4.98 Å². The molecule has 4 heteroatoms. The molecule has 1 aliphatic heterocycles. The van der Waals surface area contributed by atoms with E-state index in [1.807, 2.05) is 42.5 Å². The molecule has 1 aliphatic rings. The minimum absolute atomic E-state index is 0.0234. The standard InChI is InChI=1S/C15H13N3O/c19-15-11-13(10-12-6-8-16-9-7-12)17-18(15)14-4-2-1-3-5-14/h1-9H,10-11H2. The molecule has 0 N–H and O–H groups in total. The van der Waals surface area contributed by atoms with E-state index in [1.165, 1.54) is 5.01 Å². The summed E-state index contributed by atoms with van der Waals surface area (Å²) >= 11 is 0. The third-order valence-corrected chi connectivity index (χ3v) is 2.99. The molecule has 0 aliphatic carbocycles. The van der Waals surface area contributed by atoms with Crippen molar-refractivity contribution in [2.45, 2.75) is 12.8 Å². The summed E-state index contributed by atoms with van der Waals surface area (Å²) in [6.45, 7) is 0. The van der Waals surface area contributed by atoms with Gasteiger partial charge in [0, 0.05) is 18.8 Å². The number of carbonyl (C=O) groups excluding carboxylic acids is 1. The van der Waals surface area contributed by atoms with E-state index in [-0.39, 0.29) is 5.91 Å². The number of carbonyl (C=O) groups is 1. The molecule has 0 bridgehead atoms. The fourth-order valence-electron chi connectivity index (χ4n) is 2.09. The number of anilines is 1. The fourth-order valence-corrected chi connectivity index (χ4v) is 2.09. The molecule has 0 fully saturated rings. The van der Waals surface area contributed by atoms with Crippen molar-refractivity contribution in [2.24, 2.45) is 5.10 Å². The van der Waals surface area contributed by atoms with Crippen molar-refractivity contribution in [2.75, 3.05) is 5.01 Å².